The van der Waals surface area contributed by atoms with Crippen LogP contribution in [-0.4, -0.2) is 4.92 Å². The van der Waals surface area contributed by atoms with Gasteiger partial charge < -0.3 is 0 Å². The number of nitro groups is 1. The van der Waals surface area contributed by atoms with Gasteiger partial charge in [-0.2, -0.15) is 0 Å². The fraction of sp³-hybridized carbons (Fsp3) is 0.364. The van der Waals surface area contributed by atoms with Gasteiger partial charge in [0, 0.05) is 12.1 Å². The highest BCUT2D eigenvalue weighted by atomic mass is 16.6. The van der Waals surface area contributed by atoms with Crippen molar-refractivity contribution in [1.29, 1.82) is 0 Å². The van der Waals surface area contributed by atoms with Crippen molar-refractivity contribution in [3.63, 3.8) is 0 Å². The lowest BCUT2D eigenvalue weighted by atomic mass is 9.64. The number of rotatable bonds is 5. The first-order valence-electron chi connectivity index (χ1n) is 9.23. The number of nitro benzene ring substituents is 1. The van der Waals surface area contributed by atoms with Gasteiger partial charge in [0.25, 0.3) is 5.69 Å². The van der Waals surface area contributed by atoms with Crippen molar-refractivity contribution in [2.45, 2.75) is 51.4 Å². The minimum Gasteiger partial charge on any atom is -0.258 e. The molecule has 1 aliphatic rings. The molecule has 0 bridgehead atoms. The van der Waals surface area contributed by atoms with Gasteiger partial charge in [-0.3, -0.25) is 10.1 Å². The first-order valence-corrected chi connectivity index (χ1v) is 9.23. The van der Waals surface area contributed by atoms with E-state index in [2.05, 4.69) is 38.1 Å². The van der Waals surface area contributed by atoms with Gasteiger partial charge in [-0.05, 0) is 57.3 Å². The van der Waals surface area contributed by atoms with E-state index in [0.29, 0.717) is 0 Å². The molecule has 3 nitrogen and oxygen atoms in total. The molecule has 0 atom stereocenters. The van der Waals surface area contributed by atoms with Crippen LogP contribution in [0.1, 0.15) is 50.7 Å². The van der Waals surface area contributed by atoms with Gasteiger partial charge in [0.15, 0.2) is 0 Å². The van der Waals surface area contributed by atoms with E-state index in [4.69, 9.17) is 0 Å². The summed E-state index contributed by atoms with van der Waals surface area (Å²) in [5.74, 6) is 0. The second-order valence-electron chi connectivity index (χ2n) is 7.39. The van der Waals surface area contributed by atoms with Crippen molar-refractivity contribution in [1.82, 2.24) is 0 Å². The molecule has 0 unspecified atom stereocenters. The number of nitrogens with zero attached hydrogens (tertiary/aromatic N) is 1. The number of hydrogen-bond acceptors (Lipinski definition) is 2. The molecule has 3 heteroatoms. The minimum absolute atomic E-state index is 0.0967. The molecule has 128 valence electrons. The Morgan fingerprint density at radius 3 is 2.40 bits per heavy atom. The van der Waals surface area contributed by atoms with Crippen LogP contribution in [0, 0.1) is 10.1 Å². The highest BCUT2D eigenvalue weighted by molar-refractivity contribution is 6.12. The van der Waals surface area contributed by atoms with Crippen molar-refractivity contribution < 1.29 is 4.92 Å². The Balaban J connectivity index is 2.13. The maximum Gasteiger partial charge on any atom is 0.270 e. The van der Waals surface area contributed by atoms with E-state index < -0.39 is 0 Å². The SMILES string of the molecule is CCCC1(CCC)Cc2cc([N+](=O)[O-])cc3ccc4cccc1c4c23. The van der Waals surface area contributed by atoms with E-state index in [1.165, 1.54) is 21.7 Å². The van der Waals surface area contributed by atoms with Crippen LogP contribution in [0.3, 0.4) is 0 Å². The van der Waals surface area contributed by atoms with Gasteiger partial charge in [-0.1, -0.05) is 57.0 Å². The van der Waals surface area contributed by atoms with Crippen LogP contribution >= 0.6 is 0 Å². The van der Waals surface area contributed by atoms with Crippen LogP contribution in [0.15, 0.2) is 42.5 Å². The molecule has 3 aromatic rings. The van der Waals surface area contributed by atoms with Crippen molar-refractivity contribution in [3.8, 4) is 0 Å². The lowest BCUT2D eigenvalue weighted by Crippen LogP contribution is -2.31. The summed E-state index contributed by atoms with van der Waals surface area (Å²) in [6, 6.07) is 14.3. The van der Waals surface area contributed by atoms with Gasteiger partial charge in [0.2, 0.25) is 0 Å². The quantitative estimate of drug-likeness (QED) is 0.312. The molecule has 1 aliphatic carbocycles. The Bertz CT molecular complexity index is 984. The van der Waals surface area contributed by atoms with Crippen LogP contribution in [0.2, 0.25) is 0 Å². The molecule has 4 rings (SSSR count). The third kappa shape index (κ3) is 2.33. The van der Waals surface area contributed by atoms with Gasteiger partial charge in [0.05, 0.1) is 4.92 Å². The van der Waals surface area contributed by atoms with E-state index in [0.717, 1.165) is 43.1 Å². The molecule has 0 spiro atoms. The Morgan fingerprint density at radius 2 is 1.72 bits per heavy atom. The topological polar surface area (TPSA) is 43.1 Å². The number of non-ortho nitro benzene ring substituents is 1. The number of benzene rings is 3. The Labute approximate surface area is 147 Å². The second kappa shape index (κ2) is 5.83. The summed E-state index contributed by atoms with van der Waals surface area (Å²) in [5.41, 5.74) is 2.90. The minimum atomic E-state index is -0.262. The summed E-state index contributed by atoms with van der Waals surface area (Å²) in [7, 11) is 0. The maximum absolute atomic E-state index is 11.4. The summed E-state index contributed by atoms with van der Waals surface area (Å²) in [5, 5.41) is 16.2. The maximum atomic E-state index is 11.4. The van der Waals surface area contributed by atoms with Crippen LogP contribution < -0.4 is 0 Å². The monoisotopic (exact) mass is 333 g/mol. The Morgan fingerprint density at radius 1 is 1.00 bits per heavy atom. The van der Waals surface area contributed by atoms with Crippen molar-refractivity contribution in [3.05, 3.63) is 63.7 Å². The Kier molecular flexibility index (Phi) is 3.75. The third-order valence-electron chi connectivity index (χ3n) is 5.79. The first-order chi connectivity index (χ1) is 12.1. The van der Waals surface area contributed by atoms with Crippen molar-refractivity contribution in [2.75, 3.05) is 0 Å². The van der Waals surface area contributed by atoms with E-state index in [1.807, 2.05) is 12.1 Å². The summed E-state index contributed by atoms with van der Waals surface area (Å²) >= 11 is 0. The zero-order valence-corrected chi connectivity index (χ0v) is 14.8. The average molecular weight is 333 g/mol. The van der Waals surface area contributed by atoms with Gasteiger partial charge in [-0.15, -0.1) is 0 Å². The van der Waals surface area contributed by atoms with E-state index in [1.54, 1.807) is 6.07 Å². The molecule has 0 aliphatic heterocycles. The van der Waals surface area contributed by atoms with Gasteiger partial charge in [0.1, 0.15) is 0 Å². The van der Waals surface area contributed by atoms with Crippen LogP contribution in [0.4, 0.5) is 5.69 Å². The molecule has 0 saturated carbocycles. The second-order valence-corrected chi connectivity index (χ2v) is 7.39. The molecule has 0 radical (unpaired) electrons. The molecule has 0 saturated heterocycles. The molecule has 25 heavy (non-hydrogen) atoms. The van der Waals surface area contributed by atoms with Crippen LogP contribution in [0.25, 0.3) is 21.5 Å². The zero-order valence-electron chi connectivity index (χ0n) is 14.8. The normalized spacial score (nSPS) is 15.1. The standard InChI is InChI=1S/C22H23NO2/c1-3-10-22(11-4-2)14-17-13-18(23(24)25)12-16-9-8-15-6-5-7-19(22)21(15)20(16)17/h5-9,12-13H,3-4,10-11,14H2,1-2H3. The lowest BCUT2D eigenvalue weighted by molar-refractivity contribution is -0.384. The van der Waals surface area contributed by atoms with Gasteiger partial charge >= 0.3 is 0 Å². The largest absolute Gasteiger partial charge is 0.270 e. The Hall–Kier alpha value is -2.42. The first kappa shape index (κ1) is 16.1. The predicted octanol–water partition coefficient (Wildman–Crippen LogP) is 6.30. The highest BCUT2D eigenvalue weighted by Gasteiger charge is 2.37. The van der Waals surface area contributed by atoms with E-state index in [-0.39, 0.29) is 16.0 Å². The molecular weight excluding hydrogens is 310 g/mol. The third-order valence-corrected chi connectivity index (χ3v) is 5.79. The molecule has 0 fully saturated rings. The number of hydrogen-bond donors (Lipinski definition) is 0. The average Bonchev–Trinajstić information content (AvgIpc) is 2.60. The predicted molar refractivity (Wildman–Crippen MR) is 103 cm³/mol. The molecule has 0 heterocycles. The summed E-state index contributed by atoms with van der Waals surface area (Å²) in [6.07, 6.45) is 5.40. The van der Waals surface area contributed by atoms with Crippen molar-refractivity contribution >= 4 is 27.2 Å². The smallest absolute Gasteiger partial charge is 0.258 e. The lowest BCUT2D eigenvalue weighted by Gasteiger charge is -2.39. The molecule has 0 amide bonds. The summed E-state index contributed by atoms with van der Waals surface area (Å²) in [6.45, 7) is 4.47. The fourth-order valence-corrected chi connectivity index (χ4v) is 4.99. The summed E-state index contributed by atoms with van der Waals surface area (Å²) < 4.78 is 0. The van der Waals surface area contributed by atoms with E-state index >= 15 is 0 Å². The summed E-state index contributed by atoms with van der Waals surface area (Å²) in [4.78, 5) is 11.1. The van der Waals surface area contributed by atoms with Crippen molar-refractivity contribution in [2.24, 2.45) is 0 Å². The molecule has 0 N–H and O–H groups in total. The van der Waals surface area contributed by atoms with Gasteiger partial charge in [-0.25, -0.2) is 0 Å². The fourth-order valence-electron chi connectivity index (χ4n) is 4.99. The highest BCUT2D eigenvalue weighted by Crippen LogP contribution is 2.49. The molecule has 3 aromatic carbocycles. The zero-order chi connectivity index (χ0) is 17.6. The molecule has 0 aromatic heterocycles. The molecular formula is C22H23NO2. The van der Waals surface area contributed by atoms with Crippen LogP contribution in [-0.2, 0) is 11.8 Å². The van der Waals surface area contributed by atoms with Crippen LogP contribution in [0.5, 0.6) is 0 Å². The van der Waals surface area contributed by atoms with E-state index in [9.17, 15) is 10.1 Å².